The van der Waals surface area contributed by atoms with E-state index in [4.69, 9.17) is 23.4 Å². The van der Waals surface area contributed by atoms with Gasteiger partial charge in [-0.1, -0.05) is 0 Å². The SMILES string of the molecule is COC[C@H]1OC([Se]c2ccccc2)[C@H](OC)[C@@H](O[Si](C)(C)C#Cc2ccccc2)[C@@H]1OC. The van der Waals surface area contributed by atoms with Gasteiger partial charge in [0, 0.05) is 0 Å². The van der Waals surface area contributed by atoms with Crippen LogP contribution in [0.3, 0.4) is 0 Å². The van der Waals surface area contributed by atoms with E-state index in [-0.39, 0.29) is 44.4 Å². The normalized spacial score (nSPS) is 25.7. The molecule has 0 spiro atoms. The van der Waals surface area contributed by atoms with Crippen LogP contribution in [0.5, 0.6) is 0 Å². The Labute approximate surface area is 199 Å². The zero-order chi connectivity index (χ0) is 23.0. The van der Waals surface area contributed by atoms with Crippen LogP contribution < -0.4 is 4.46 Å². The molecule has 1 aliphatic rings. The summed E-state index contributed by atoms with van der Waals surface area (Å²) in [5.74, 6) is 3.28. The van der Waals surface area contributed by atoms with Crippen molar-refractivity contribution in [1.29, 1.82) is 0 Å². The van der Waals surface area contributed by atoms with Crippen LogP contribution in [0, 0.1) is 11.5 Å². The molecule has 5 nitrogen and oxygen atoms in total. The van der Waals surface area contributed by atoms with Crippen molar-refractivity contribution in [2.45, 2.75) is 42.5 Å². The fraction of sp³-hybridized carbons (Fsp3) is 0.440. The maximum absolute atomic E-state index is 6.74. The van der Waals surface area contributed by atoms with Gasteiger partial charge in [0.1, 0.15) is 0 Å². The molecule has 0 amide bonds. The minimum absolute atomic E-state index is 0.0374. The molecular weight excluding hydrogens is 487 g/mol. The average Bonchev–Trinajstić information content (AvgIpc) is 2.79. The molecule has 0 radical (unpaired) electrons. The summed E-state index contributed by atoms with van der Waals surface area (Å²) in [7, 11) is 2.70. The molecule has 3 rings (SSSR count). The molecule has 0 N–H and O–H groups in total. The molecule has 1 unspecified atom stereocenters. The van der Waals surface area contributed by atoms with Crippen LogP contribution in [0.1, 0.15) is 5.56 Å². The quantitative estimate of drug-likeness (QED) is 0.397. The Kier molecular flexibility index (Phi) is 9.54. The predicted molar refractivity (Wildman–Crippen MR) is 130 cm³/mol. The first-order valence-corrected chi connectivity index (χ1v) is 15.4. The molecule has 0 saturated carbocycles. The van der Waals surface area contributed by atoms with Crippen molar-refractivity contribution < 1.29 is 23.4 Å². The molecule has 0 aliphatic carbocycles. The number of rotatable bonds is 8. The van der Waals surface area contributed by atoms with Crippen LogP contribution in [0.4, 0.5) is 0 Å². The zero-order valence-corrected chi connectivity index (χ0v) is 22.0. The first-order valence-electron chi connectivity index (χ1n) is 10.6. The van der Waals surface area contributed by atoms with Gasteiger partial charge in [0.2, 0.25) is 0 Å². The Hall–Kier alpha value is -1.46. The Balaban J connectivity index is 1.87. The summed E-state index contributed by atoms with van der Waals surface area (Å²) < 4.78 is 31.8. The van der Waals surface area contributed by atoms with Crippen molar-refractivity contribution in [3.63, 3.8) is 0 Å². The molecule has 172 valence electrons. The molecule has 0 bridgehead atoms. The van der Waals surface area contributed by atoms with E-state index in [1.54, 1.807) is 21.3 Å². The molecule has 7 heteroatoms. The Morgan fingerprint density at radius 1 is 0.875 bits per heavy atom. The van der Waals surface area contributed by atoms with E-state index in [1.165, 1.54) is 4.46 Å². The topological polar surface area (TPSA) is 46.2 Å². The van der Waals surface area contributed by atoms with E-state index < -0.39 is 8.32 Å². The van der Waals surface area contributed by atoms with Gasteiger partial charge in [0.25, 0.3) is 0 Å². The van der Waals surface area contributed by atoms with Crippen LogP contribution in [-0.2, 0) is 23.4 Å². The first-order chi connectivity index (χ1) is 15.5. The minimum atomic E-state index is -2.37. The Morgan fingerprint density at radius 3 is 2.09 bits per heavy atom. The van der Waals surface area contributed by atoms with Gasteiger partial charge in [0.15, 0.2) is 0 Å². The van der Waals surface area contributed by atoms with Crippen molar-refractivity contribution in [2.24, 2.45) is 0 Å². The van der Waals surface area contributed by atoms with E-state index in [1.807, 2.05) is 36.4 Å². The number of benzene rings is 2. The number of methoxy groups -OCH3 is 3. The van der Waals surface area contributed by atoms with E-state index in [0.29, 0.717) is 6.61 Å². The van der Waals surface area contributed by atoms with Gasteiger partial charge in [-0.2, -0.15) is 0 Å². The summed E-state index contributed by atoms with van der Waals surface area (Å²) in [6, 6.07) is 20.4. The van der Waals surface area contributed by atoms with Crippen molar-refractivity contribution in [3.05, 3.63) is 66.2 Å². The second kappa shape index (κ2) is 12.1. The fourth-order valence-electron chi connectivity index (χ4n) is 3.69. The van der Waals surface area contributed by atoms with Crippen LogP contribution in [0.2, 0.25) is 13.1 Å². The summed E-state index contributed by atoms with van der Waals surface area (Å²) in [5.41, 5.74) is 4.40. The van der Waals surface area contributed by atoms with Gasteiger partial charge in [-0.05, 0) is 0 Å². The van der Waals surface area contributed by atoms with Gasteiger partial charge in [-0.25, -0.2) is 0 Å². The summed E-state index contributed by atoms with van der Waals surface area (Å²) in [4.78, 5) is 0. The summed E-state index contributed by atoms with van der Waals surface area (Å²) in [6.45, 7) is 4.65. The number of ether oxygens (including phenoxy) is 4. The molecular formula is C25H32O5SeSi. The van der Waals surface area contributed by atoms with Gasteiger partial charge >= 0.3 is 199 Å². The van der Waals surface area contributed by atoms with Crippen LogP contribution in [0.25, 0.3) is 0 Å². The summed E-state index contributed by atoms with van der Waals surface area (Å²) in [6.07, 6.45) is -1.13. The molecule has 1 aliphatic heterocycles. The van der Waals surface area contributed by atoms with Gasteiger partial charge in [0.05, 0.1) is 0 Å². The standard InChI is InChI=1S/C25H32O5SeSi/c1-26-18-21-22(27-2)23(30-32(4,5)17-16-19-12-8-6-9-13-19)24(28-3)25(29-21)31-20-14-10-7-11-15-20/h6-15,21-25H,18H2,1-5H3/t21-,22-,23+,24-,25?/m1/s1. The molecule has 1 fully saturated rings. The van der Waals surface area contributed by atoms with E-state index >= 15 is 0 Å². The number of hydrogen-bond donors (Lipinski definition) is 0. The van der Waals surface area contributed by atoms with Gasteiger partial charge in [-0.3, -0.25) is 0 Å². The van der Waals surface area contributed by atoms with Crippen molar-refractivity contribution >= 4 is 27.7 Å². The third-order valence-corrected chi connectivity index (χ3v) is 9.19. The second-order valence-electron chi connectivity index (χ2n) is 8.04. The third kappa shape index (κ3) is 6.77. The molecule has 2 aromatic rings. The monoisotopic (exact) mass is 520 g/mol. The van der Waals surface area contributed by atoms with Gasteiger partial charge in [-0.15, -0.1) is 0 Å². The Bertz CT molecular complexity index is 883. The van der Waals surface area contributed by atoms with E-state index in [9.17, 15) is 0 Å². The van der Waals surface area contributed by atoms with Crippen LogP contribution in [0.15, 0.2) is 60.7 Å². The number of hydrogen-bond acceptors (Lipinski definition) is 5. The molecule has 0 aromatic heterocycles. The van der Waals surface area contributed by atoms with Crippen LogP contribution >= 0.6 is 0 Å². The van der Waals surface area contributed by atoms with Crippen molar-refractivity contribution in [3.8, 4) is 11.5 Å². The average molecular weight is 520 g/mol. The molecule has 5 atom stereocenters. The van der Waals surface area contributed by atoms with Crippen molar-refractivity contribution in [1.82, 2.24) is 0 Å². The third-order valence-electron chi connectivity index (χ3n) is 5.17. The zero-order valence-electron chi connectivity index (χ0n) is 19.3. The maximum atomic E-state index is 6.74. The fourth-order valence-corrected chi connectivity index (χ4v) is 7.62. The van der Waals surface area contributed by atoms with E-state index in [2.05, 4.69) is 48.8 Å². The second-order valence-corrected chi connectivity index (χ2v) is 14.0. The first kappa shape index (κ1) is 25.2. The van der Waals surface area contributed by atoms with Crippen molar-refractivity contribution in [2.75, 3.05) is 27.9 Å². The Morgan fingerprint density at radius 2 is 1.50 bits per heavy atom. The van der Waals surface area contributed by atoms with E-state index in [0.717, 1.165) is 5.56 Å². The molecule has 1 saturated heterocycles. The van der Waals surface area contributed by atoms with Crippen LogP contribution in [-0.4, -0.2) is 80.6 Å². The summed E-state index contributed by atoms with van der Waals surface area (Å²) in [5, 5.41) is -0.127. The molecule has 32 heavy (non-hydrogen) atoms. The van der Waals surface area contributed by atoms with Gasteiger partial charge < -0.3 is 0 Å². The predicted octanol–water partition coefficient (Wildman–Crippen LogP) is 2.60. The summed E-state index contributed by atoms with van der Waals surface area (Å²) >= 11 is 0.0374. The molecule has 2 aromatic carbocycles. The molecule has 1 heterocycles.